The van der Waals surface area contributed by atoms with Crippen LogP contribution in [0.2, 0.25) is 0 Å². The highest BCUT2D eigenvalue weighted by molar-refractivity contribution is 5.93. The molecule has 2 aromatic heterocycles. The second-order valence-electron chi connectivity index (χ2n) is 15.0. The third-order valence-electron chi connectivity index (χ3n) is 11.6. The Morgan fingerprint density at radius 1 is 1.04 bits per heavy atom. The Morgan fingerprint density at radius 2 is 1.80 bits per heavy atom. The van der Waals surface area contributed by atoms with Crippen molar-refractivity contribution < 1.29 is 4.79 Å². The summed E-state index contributed by atoms with van der Waals surface area (Å²) in [7, 11) is 0. The summed E-state index contributed by atoms with van der Waals surface area (Å²) in [5, 5.41) is 0. The van der Waals surface area contributed by atoms with Crippen LogP contribution in [-0.4, -0.2) is 63.8 Å². The Balaban J connectivity index is 1.44. The Bertz CT molecular complexity index is 1450. The minimum Gasteiger partial charge on any atom is -0.384 e. The Morgan fingerprint density at radius 3 is 2.43 bits per heavy atom. The van der Waals surface area contributed by atoms with Crippen LogP contribution in [0.25, 0.3) is 17.2 Å². The molecular formula is C43H65N5O. The van der Waals surface area contributed by atoms with E-state index >= 15 is 0 Å². The van der Waals surface area contributed by atoms with Crippen LogP contribution in [0.4, 0.5) is 5.82 Å². The summed E-state index contributed by atoms with van der Waals surface area (Å²) in [6, 6.07) is 6.95. The molecule has 0 bridgehead atoms. The van der Waals surface area contributed by atoms with E-state index in [-0.39, 0.29) is 5.78 Å². The average molecular weight is 668 g/mol. The van der Waals surface area contributed by atoms with Crippen molar-refractivity contribution in [3.8, 4) is 11.1 Å². The van der Waals surface area contributed by atoms with E-state index in [2.05, 4.69) is 92.5 Å². The third-order valence-corrected chi connectivity index (χ3v) is 11.6. The number of aryl methyl sites for hydroxylation is 1. The number of anilines is 1. The van der Waals surface area contributed by atoms with Gasteiger partial charge in [-0.25, -0.2) is 4.98 Å². The molecule has 1 aliphatic heterocycles. The number of aromatic nitrogens is 2. The SMILES string of the molecule is CCCC(CCC1CC(C(C)=O)=CC=C1C1CCN(C(C)/C(C)=C/c2c(-c3ccc(N)nc3)ccnc2C)CC1)CN(CCC)C(C)CC. The van der Waals surface area contributed by atoms with Crippen molar-refractivity contribution in [2.75, 3.05) is 31.9 Å². The van der Waals surface area contributed by atoms with Gasteiger partial charge in [0.15, 0.2) is 5.78 Å². The molecule has 1 aliphatic carbocycles. The fraction of sp³-hybridized carbons (Fsp3) is 0.605. The average Bonchev–Trinajstić information content (AvgIpc) is 3.10. The number of allylic oxidation sites excluding steroid dienone is 4. The van der Waals surface area contributed by atoms with Crippen LogP contribution < -0.4 is 5.73 Å². The predicted octanol–water partition coefficient (Wildman–Crippen LogP) is 9.71. The molecule has 4 rings (SSSR count). The molecule has 2 aromatic rings. The number of pyridine rings is 2. The number of rotatable bonds is 17. The van der Waals surface area contributed by atoms with E-state index in [0.717, 1.165) is 53.4 Å². The number of nitrogens with two attached hydrogens (primary N) is 1. The summed E-state index contributed by atoms with van der Waals surface area (Å²) in [5.41, 5.74) is 14.2. The van der Waals surface area contributed by atoms with E-state index in [1.54, 1.807) is 12.5 Å². The fourth-order valence-electron chi connectivity index (χ4n) is 8.16. The zero-order valence-electron chi connectivity index (χ0n) is 32.0. The molecule has 0 aromatic carbocycles. The van der Waals surface area contributed by atoms with Gasteiger partial charge in [0.05, 0.1) is 0 Å². The van der Waals surface area contributed by atoms with E-state index in [1.165, 1.54) is 70.0 Å². The minimum atomic E-state index is 0.238. The number of nitrogens with zero attached hydrogens (tertiary/aromatic N) is 4. The highest BCUT2D eigenvalue weighted by Crippen LogP contribution is 2.40. The van der Waals surface area contributed by atoms with Crippen molar-refractivity contribution >= 4 is 17.7 Å². The number of hydrogen-bond donors (Lipinski definition) is 1. The summed E-state index contributed by atoms with van der Waals surface area (Å²) in [6.45, 7) is 22.4. The number of piperidine rings is 1. The van der Waals surface area contributed by atoms with Gasteiger partial charge in [-0.2, -0.15) is 0 Å². The van der Waals surface area contributed by atoms with Gasteiger partial charge in [0.1, 0.15) is 5.82 Å². The molecular weight excluding hydrogens is 603 g/mol. The van der Waals surface area contributed by atoms with Crippen LogP contribution in [-0.2, 0) is 4.79 Å². The van der Waals surface area contributed by atoms with E-state index in [4.69, 9.17) is 5.73 Å². The van der Waals surface area contributed by atoms with Crippen LogP contribution in [0.15, 0.2) is 59.5 Å². The van der Waals surface area contributed by atoms with Crippen LogP contribution in [0.3, 0.4) is 0 Å². The van der Waals surface area contributed by atoms with Gasteiger partial charge in [-0.1, -0.05) is 56.6 Å². The van der Waals surface area contributed by atoms with Gasteiger partial charge >= 0.3 is 0 Å². The van der Waals surface area contributed by atoms with Crippen molar-refractivity contribution in [3.05, 3.63) is 70.7 Å². The molecule has 3 heterocycles. The topological polar surface area (TPSA) is 75.3 Å². The zero-order chi connectivity index (χ0) is 35.5. The Kier molecular flexibility index (Phi) is 14.8. The molecule has 0 spiro atoms. The zero-order valence-corrected chi connectivity index (χ0v) is 32.0. The molecule has 268 valence electrons. The molecule has 0 saturated carbocycles. The van der Waals surface area contributed by atoms with Gasteiger partial charge in [0.25, 0.3) is 0 Å². The highest BCUT2D eigenvalue weighted by Gasteiger charge is 2.32. The normalized spacial score (nSPS) is 19.8. The first-order chi connectivity index (χ1) is 23.6. The first-order valence-electron chi connectivity index (χ1n) is 19.3. The maximum atomic E-state index is 12.5. The van der Waals surface area contributed by atoms with Crippen molar-refractivity contribution in [1.29, 1.82) is 0 Å². The highest BCUT2D eigenvalue weighted by atomic mass is 16.1. The Hall–Kier alpha value is -3.09. The van der Waals surface area contributed by atoms with Gasteiger partial charge in [0, 0.05) is 47.8 Å². The van der Waals surface area contributed by atoms with Crippen molar-refractivity contribution in [1.82, 2.24) is 19.8 Å². The fourth-order valence-corrected chi connectivity index (χ4v) is 8.16. The number of carbonyl (C=O) groups is 1. The number of nitrogen functional groups attached to an aromatic ring is 1. The molecule has 1 fully saturated rings. The van der Waals surface area contributed by atoms with E-state index in [1.807, 2.05) is 24.5 Å². The first kappa shape index (κ1) is 38.7. The first-order valence-corrected chi connectivity index (χ1v) is 19.3. The predicted molar refractivity (Wildman–Crippen MR) is 208 cm³/mol. The summed E-state index contributed by atoms with van der Waals surface area (Å²) < 4.78 is 0. The number of hydrogen-bond acceptors (Lipinski definition) is 6. The smallest absolute Gasteiger partial charge is 0.155 e. The van der Waals surface area contributed by atoms with Crippen molar-refractivity contribution in [2.24, 2.45) is 17.8 Å². The number of carbonyl (C=O) groups excluding carboxylic acids is 1. The standard InChI is InChI=1S/C43H65N5O/c1-9-12-35(29-48(23-10-2)31(5)11-3)13-14-38-27-37(34(8)49)15-17-40(38)36-20-24-47(25-21-36)33(7)30(4)26-42-32(6)45-22-19-41(42)39-16-18-43(44)46-28-39/h15-19,22,26,28,31,33,35-36,38H,9-14,20-21,23-25,27,29H2,1-8H3,(H2,44,46)/b30-26+. The lowest BCUT2D eigenvalue weighted by Gasteiger charge is -2.40. The minimum absolute atomic E-state index is 0.238. The maximum absolute atomic E-state index is 12.5. The van der Waals surface area contributed by atoms with Gasteiger partial charge in [0.2, 0.25) is 0 Å². The van der Waals surface area contributed by atoms with Gasteiger partial charge < -0.3 is 10.6 Å². The van der Waals surface area contributed by atoms with E-state index in [9.17, 15) is 4.79 Å². The monoisotopic (exact) mass is 668 g/mol. The molecule has 0 radical (unpaired) electrons. The lowest BCUT2D eigenvalue weighted by atomic mass is 9.73. The Labute approximate surface area is 298 Å². The number of likely N-dealkylation sites (tertiary alicyclic amines) is 1. The summed E-state index contributed by atoms with van der Waals surface area (Å²) >= 11 is 0. The van der Waals surface area contributed by atoms with Gasteiger partial charge in [-0.15, -0.1) is 0 Å². The molecule has 1 saturated heterocycles. The molecule has 2 N–H and O–H groups in total. The van der Waals surface area contributed by atoms with Gasteiger partial charge in [-0.3, -0.25) is 14.7 Å². The lowest BCUT2D eigenvalue weighted by molar-refractivity contribution is -0.113. The van der Waals surface area contributed by atoms with Crippen LogP contribution in [0, 0.1) is 24.7 Å². The van der Waals surface area contributed by atoms with Crippen LogP contribution >= 0.6 is 0 Å². The van der Waals surface area contributed by atoms with Crippen LogP contribution in [0.5, 0.6) is 0 Å². The van der Waals surface area contributed by atoms with Crippen molar-refractivity contribution in [2.45, 2.75) is 125 Å². The largest absolute Gasteiger partial charge is 0.384 e. The molecule has 6 nitrogen and oxygen atoms in total. The summed E-state index contributed by atoms with van der Waals surface area (Å²) in [4.78, 5) is 26.9. The number of ketones is 1. The second-order valence-corrected chi connectivity index (χ2v) is 15.0. The third kappa shape index (κ3) is 10.5. The van der Waals surface area contributed by atoms with E-state index < -0.39 is 0 Å². The number of Topliss-reactive ketones (excluding diaryl/α,β-unsaturated/α-hetero) is 1. The molecule has 0 amide bonds. The molecule has 6 heteroatoms. The van der Waals surface area contributed by atoms with E-state index in [0.29, 0.717) is 29.7 Å². The second kappa shape index (κ2) is 18.8. The summed E-state index contributed by atoms with van der Waals surface area (Å²) in [6.07, 6.45) is 21.2. The molecule has 2 aliphatic rings. The molecule has 49 heavy (non-hydrogen) atoms. The molecule has 4 unspecified atom stereocenters. The van der Waals surface area contributed by atoms with Gasteiger partial charge in [-0.05, 0) is 153 Å². The quantitative estimate of drug-likeness (QED) is 0.181. The van der Waals surface area contributed by atoms with Crippen LogP contribution in [0.1, 0.15) is 118 Å². The maximum Gasteiger partial charge on any atom is 0.155 e. The molecule has 4 atom stereocenters. The lowest BCUT2D eigenvalue weighted by Crippen LogP contribution is -2.41. The van der Waals surface area contributed by atoms with Crippen molar-refractivity contribution in [3.63, 3.8) is 0 Å². The summed E-state index contributed by atoms with van der Waals surface area (Å²) in [5.74, 6) is 2.56.